The van der Waals surface area contributed by atoms with Crippen LogP contribution in [0.15, 0.2) is 22.8 Å². The smallest absolute Gasteiger partial charge is 0.287 e. The molecule has 2 amide bonds. The van der Waals surface area contributed by atoms with Gasteiger partial charge in [-0.2, -0.15) is 0 Å². The van der Waals surface area contributed by atoms with Crippen LogP contribution in [-0.4, -0.2) is 37.5 Å². The first-order valence-corrected chi connectivity index (χ1v) is 7.39. The lowest BCUT2D eigenvalue weighted by Gasteiger charge is -2.21. The van der Waals surface area contributed by atoms with Gasteiger partial charge in [-0.1, -0.05) is 20.8 Å². The minimum atomic E-state index is -0.575. The fourth-order valence-corrected chi connectivity index (χ4v) is 1.84. The fraction of sp³-hybridized carbons (Fsp3) is 0.600. The summed E-state index contributed by atoms with van der Waals surface area (Å²) in [7, 11) is 0. The maximum atomic E-state index is 12.1. The van der Waals surface area contributed by atoms with E-state index in [0.29, 0.717) is 6.54 Å². The third-order valence-corrected chi connectivity index (χ3v) is 3.01. The van der Waals surface area contributed by atoms with Crippen LogP contribution in [-0.2, 0) is 4.79 Å². The Kier molecular flexibility index (Phi) is 10.3. The average Bonchev–Trinajstić information content (AvgIpc) is 2.98. The van der Waals surface area contributed by atoms with Gasteiger partial charge in [0.05, 0.1) is 6.26 Å². The first-order valence-electron chi connectivity index (χ1n) is 7.39. The number of amides is 2. The molecule has 1 aromatic rings. The summed E-state index contributed by atoms with van der Waals surface area (Å²) in [5, 5.41) is 8.74. The first-order chi connectivity index (χ1) is 10.1. The molecule has 0 fully saturated rings. The van der Waals surface area contributed by atoms with E-state index in [0.717, 1.165) is 19.5 Å². The molecule has 7 heteroatoms. The first kappa shape index (κ1) is 20.5. The quantitative estimate of drug-likeness (QED) is 0.600. The molecule has 0 aliphatic carbocycles. The highest BCUT2D eigenvalue weighted by atomic mass is 35.5. The van der Waals surface area contributed by atoms with Gasteiger partial charge >= 0.3 is 0 Å². The van der Waals surface area contributed by atoms with E-state index < -0.39 is 6.04 Å². The lowest BCUT2D eigenvalue weighted by Crippen LogP contribution is -2.50. The molecule has 0 aliphatic heterocycles. The normalized spacial score (nSPS) is 11.6. The zero-order valence-corrected chi connectivity index (χ0v) is 14.2. The van der Waals surface area contributed by atoms with E-state index in [2.05, 4.69) is 22.9 Å². The molecule has 0 aromatic carbocycles. The average molecular weight is 332 g/mol. The van der Waals surface area contributed by atoms with Crippen LogP contribution in [0.25, 0.3) is 0 Å². The molecule has 0 bridgehead atoms. The summed E-state index contributed by atoms with van der Waals surface area (Å²) < 4.78 is 5.03. The van der Waals surface area contributed by atoms with E-state index in [1.165, 1.54) is 6.26 Å². The van der Waals surface area contributed by atoms with Crippen molar-refractivity contribution >= 4 is 24.2 Å². The molecule has 0 spiro atoms. The third kappa shape index (κ3) is 6.95. The van der Waals surface area contributed by atoms with Crippen LogP contribution in [0.3, 0.4) is 0 Å². The molecule has 0 saturated heterocycles. The molecule has 126 valence electrons. The van der Waals surface area contributed by atoms with Crippen molar-refractivity contribution in [1.29, 1.82) is 0 Å². The van der Waals surface area contributed by atoms with E-state index >= 15 is 0 Å². The molecule has 1 unspecified atom stereocenters. The Bertz CT molecular complexity index is 435. The van der Waals surface area contributed by atoms with Crippen molar-refractivity contribution in [3.05, 3.63) is 24.2 Å². The van der Waals surface area contributed by atoms with Crippen molar-refractivity contribution < 1.29 is 14.0 Å². The molecular weight excluding hydrogens is 306 g/mol. The van der Waals surface area contributed by atoms with Crippen molar-refractivity contribution in [3.63, 3.8) is 0 Å². The van der Waals surface area contributed by atoms with Crippen molar-refractivity contribution in [1.82, 2.24) is 16.0 Å². The van der Waals surface area contributed by atoms with Crippen LogP contribution in [0, 0.1) is 5.92 Å². The number of hydrogen-bond acceptors (Lipinski definition) is 4. The maximum Gasteiger partial charge on any atom is 0.287 e. The van der Waals surface area contributed by atoms with E-state index in [9.17, 15) is 9.59 Å². The van der Waals surface area contributed by atoms with Gasteiger partial charge in [0.2, 0.25) is 5.91 Å². The van der Waals surface area contributed by atoms with Gasteiger partial charge in [0.15, 0.2) is 5.76 Å². The van der Waals surface area contributed by atoms with Crippen molar-refractivity contribution in [2.24, 2.45) is 5.92 Å². The molecule has 0 radical (unpaired) electrons. The van der Waals surface area contributed by atoms with Gasteiger partial charge in [-0.3, -0.25) is 9.59 Å². The highest BCUT2D eigenvalue weighted by Crippen LogP contribution is 2.05. The largest absolute Gasteiger partial charge is 0.459 e. The van der Waals surface area contributed by atoms with Crippen molar-refractivity contribution in [2.45, 2.75) is 33.2 Å². The van der Waals surface area contributed by atoms with Crippen LogP contribution in [0.5, 0.6) is 0 Å². The second kappa shape index (κ2) is 11.1. The lowest BCUT2D eigenvalue weighted by molar-refractivity contribution is -0.123. The molecule has 6 nitrogen and oxygen atoms in total. The molecular formula is C15H26ClN3O3. The fourth-order valence-electron chi connectivity index (χ4n) is 1.84. The van der Waals surface area contributed by atoms with Crippen molar-refractivity contribution in [2.75, 3.05) is 19.6 Å². The zero-order valence-electron chi connectivity index (χ0n) is 13.3. The molecule has 3 N–H and O–H groups in total. The van der Waals surface area contributed by atoms with Gasteiger partial charge in [-0.05, 0) is 31.0 Å². The van der Waals surface area contributed by atoms with Crippen LogP contribution in [0.2, 0.25) is 0 Å². The lowest BCUT2D eigenvalue weighted by atomic mass is 10.0. The standard InChI is InChI=1S/C15H25N3O3.ClH/c1-4-7-16-8-9-17-15(20)13(11(2)3)18-14(19)12-6-5-10-21-12;/h5-6,10-11,13,16H,4,7-9H2,1-3H3,(H,17,20)(H,18,19);1H. The predicted molar refractivity (Wildman–Crippen MR) is 88.2 cm³/mol. The summed E-state index contributed by atoms with van der Waals surface area (Å²) >= 11 is 0. The van der Waals surface area contributed by atoms with E-state index in [-0.39, 0.29) is 35.9 Å². The molecule has 0 saturated carbocycles. The molecule has 1 heterocycles. The summed E-state index contributed by atoms with van der Waals surface area (Å²) in [6.45, 7) is 8.06. The number of nitrogens with one attached hydrogen (secondary N) is 3. The van der Waals surface area contributed by atoms with Crippen molar-refractivity contribution in [3.8, 4) is 0 Å². The molecule has 1 rings (SSSR count). The monoisotopic (exact) mass is 331 g/mol. The molecule has 22 heavy (non-hydrogen) atoms. The van der Waals surface area contributed by atoms with Gasteiger partial charge in [0.25, 0.3) is 5.91 Å². The topological polar surface area (TPSA) is 83.4 Å². The summed E-state index contributed by atoms with van der Waals surface area (Å²) in [5.74, 6) is -0.355. The minimum Gasteiger partial charge on any atom is -0.459 e. The highest BCUT2D eigenvalue weighted by Gasteiger charge is 2.25. The molecule has 0 aliphatic rings. The van der Waals surface area contributed by atoms with Crippen LogP contribution < -0.4 is 16.0 Å². The minimum absolute atomic E-state index is 0. The summed E-state index contributed by atoms with van der Waals surface area (Å²) in [6, 6.07) is 2.63. The summed E-state index contributed by atoms with van der Waals surface area (Å²) in [4.78, 5) is 24.1. The van der Waals surface area contributed by atoms with Gasteiger partial charge in [0, 0.05) is 13.1 Å². The van der Waals surface area contributed by atoms with Crippen LogP contribution >= 0.6 is 12.4 Å². The Morgan fingerprint density at radius 1 is 1.23 bits per heavy atom. The number of carbonyl (C=O) groups excluding carboxylic acids is 2. The van der Waals surface area contributed by atoms with E-state index in [4.69, 9.17) is 4.42 Å². The number of hydrogen-bond donors (Lipinski definition) is 3. The third-order valence-electron chi connectivity index (χ3n) is 3.01. The SMILES string of the molecule is CCCNCCNC(=O)C(NC(=O)c1ccco1)C(C)C.Cl. The van der Waals surface area contributed by atoms with Gasteiger partial charge < -0.3 is 20.4 Å². The molecule has 1 atom stereocenters. The summed E-state index contributed by atoms with van der Waals surface area (Å²) in [5.41, 5.74) is 0. The Hall–Kier alpha value is -1.53. The van der Waals surface area contributed by atoms with E-state index in [1.807, 2.05) is 13.8 Å². The Morgan fingerprint density at radius 2 is 1.95 bits per heavy atom. The zero-order chi connectivity index (χ0) is 15.7. The number of rotatable bonds is 9. The summed E-state index contributed by atoms with van der Waals surface area (Å²) in [6.07, 6.45) is 2.49. The van der Waals surface area contributed by atoms with E-state index in [1.54, 1.807) is 12.1 Å². The number of furan rings is 1. The highest BCUT2D eigenvalue weighted by molar-refractivity contribution is 5.95. The van der Waals surface area contributed by atoms with Gasteiger partial charge in [0.1, 0.15) is 6.04 Å². The van der Waals surface area contributed by atoms with Crippen LogP contribution in [0.1, 0.15) is 37.7 Å². The van der Waals surface area contributed by atoms with Gasteiger partial charge in [-0.15, -0.1) is 12.4 Å². The molecule has 1 aromatic heterocycles. The van der Waals surface area contributed by atoms with Gasteiger partial charge in [-0.25, -0.2) is 0 Å². The number of halogens is 1. The Balaban J connectivity index is 0.00000441. The van der Waals surface area contributed by atoms with Crippen LogP contribution in [0.4, 0.5) is 0 Å². The maximum absolute atomic E-state index is 12.1. The Labute approximate surface area is 137 Å². The second-order valence-electron chi connectivity index (χ2n) is 5.21. The Morgan fingerprint density at radius 3 is 2.50 bits per heavy atom. The number of carbonyl (C=O) groups is 2. The second-order valence-corrected chi connectivity index (χ2v) is 5.21. The predicted octanol–water partition coefficient (Wildman–Crippen LogP) is 1.57.